The maximum atomic E-state index is 11.7. The second kappa shape index (κ2) is 5.65. The third kappa shape index (κ3) is 4.04. The highest BCUT2D eigenvalue weighted by Gasteiger charge is 2.09. The first kappa shape index (κ1) is 13.5. The Morgan fingerprint density at radius 3 is 2.35 bits per heavy atom. The van der Waals surface area contributed by atoms with Crippen molar-refractivity contribution in [2.45, 2.75) is 24.2 Å². The van der Waals surface area contributed by atoms with Crippen LogP contribution < -0.4 is 0 Å². The molecule has 0 aromatic heterocycles. The molecule has 0 fully saturated rings. The van der Waals surface area contributed by atoms with E-state index < -0.39 is 9.84 Å². The average Bonchev–Trinajstić information content (AvgIpc) is 2.28. The molecule has 0 bridgehead atoms. The fourth-order valence-electron chi connectivity index (χ4n) is 1.38. The summed E-state index contributed by atoms with van der Waals surface area (Å²) in [6, 6.07) is 5.97. The number of ketones is 1. The van der Waals surface area contributed by atoms with Gasteiger partial charge in [-0.05, 0) is 18.6 Å². The number of rotatable bonds is 5. The molecule has 0 N–H and O–H groups in total. The first-order valence-corrected chi connectivity index (χ1v) is 7.11. The van der Waals surface area contributed by atoms with E-state index >= 15 is 0 Å². The molecule has 90 valence electrons. The van der Waals surface area contributed by atoms with E-state index in [0.29, 0.717) is 24.8 Å². The van der Waals surface area contributed by atoms with Crippen LogP contribution in [0, 0.1) is 12.3 Å². The first-order chi connectivity index (χ1) is 7.95. The molecular formula is C13H14O3S. The van der Waals surface area contributed by atoms with Crippen molar-refractivity contribution in [3.63, 3.8) is 0 Å². The van der Waals surface area contributed by atoms with Crippen LogP contribution in [-0.2, 0) is 9.84 Å². The minimum Gasteiger partial charge on any atom is -0.294 e. The van der Waals surface area contributed by atoms with Gasteiger partial charge in [0.05, 0.1) is 4.90 Å². The number of Topliss-reactive ketones (excluding diaryl/α,β-unsaturated/α-hetero) is 1. The molecule has 4 heteroatoms. The summed E-state index contributed by atoms with van der Waals surface area (Å²) in [6.45, 7) is 0. The summed E-state index contributed by atoms with van der Waals surface area (Å²) in [5, 5.41) is 0. The standard InChI is InChI=1S/C13H14O3S/c1-3-4-5-6-13(14)11-7-9-12(10-8-11)17(2,15)16/h1,7-10H,4-6H2,2H3. The predicted molar refractivity (Wildman–Crippen MR) is 66.6 cm³/mol. The molecule has 0 aliphatic rings. The van der Waals surface area contributed by atoms with E-state index in [1.807, 2.05) is 0 Å². The van der Waals surface area contributed by atoms with Gasteiger partial charge in [0.25, 0.3) is 0 Å². The van der Waals surface area contributed by atoms with Crippen LogP contribution in [0.5, 0.6) is 0 Å². The molecule has 0 atom stereocenters. The largest absolute Gasteiger partial charge is 0.294 e. The van der Waals surface area contributed by atoms with Gasteiger partial charge < -0.3 is 0 Å². The zero-order valence-electron chi connectivity index (χ0n) is 9.64. The van der Waals surface area contributed by atoms with Gasteiger partial charge in [-0.1, -0.05) is 12.1 Å². The van der Waals surface area contributed by atoms with E-state index in [0.717, 1.165) is 6.26 Å². The summed E-state index contributed by atoms with van der Waals surface area (Å²) in [4.78, 5) is 11.9. The molecule has 0 heterocycles. The van der Waals surface area contributed by atoms with Crippen LogP contribution in [0.15, 0.2) is 29.2 Å². The molecule has 0 saturated carbocycles. The number of benzene rings is 1. The lowest BCUT2D eigenvalue weighted by Gasteiger charge is -2.01. The van der Waals surface area contributed by atoms with Gasteiger partial charge in [0.15, 0.2) is 15.6 Å². The molecule has 0 amide bonds. The zero-order chi connectivity index (χ0) is 12.9. The Hall–Kier alpha value is -1.60. The molecule has 3 nitrogen and oxygen atoms in total. The van der Waals surface area contributed by atoms with Gasteiger partial charge in [0.2, 0.25) is 0 Å². The molecule has 0 aliphatic carbocycles. The van der Waals surface area contributed by atoms with Gasteiger partial charge in [0.1, 0.15) is 0 Å². The van der Waals surface area contributed by atoms with E-state index in [-0.39, 0.29) is 10.7 Å². The Balaban J connectivity index is 2.75. The molecule has 0 radical (unpaired) electrons. The van der Waals surface area contributed by atoms with Crippen LogP contribution in [-0.4, -0.2) is 20.5 Å². The van der Waals surface area contributed by atoms with E-state index in [1.54, 1.807) is 0 Å². The Morgan fingerprint density at radius 1 is 1.29 bits per heavy atom. The lowest BCUT2D eigenvalue weighted by Crippen LogP contribution is -2.01. The van der Waals surface area contributed by atoms with E-state index in [1.165, 1.54) is 24.3 Å². The Kier molecular flexibility index (Phi) is 4.47. The molecule has 17 heavy (non-hydrogen) atoms. The smallest absolute Gasteiger partial charge is 0.175 e. The predicted octanol–water partition coefficient (Wildman–Crippen LogP) is 2.08. The van der Waals surface area contributed by atoms with Crippen molar-refractivity contribution in [2.75, 3.05) is 6.26 Å². The summed E-state index contributed by atoms with van der Waals surface area (Å²) in [7, 11) is -3.20. The van der Waals surface area contributed by atoms with Crippen LogP contribution in [0.25, 0.3) is 0 Å². The molecule has 0 saturated heterocycles. The summed E-state index contributed by atoms with van der Waals surface area (Å²) in [5.41, 5.74) is 0.523. The summed E-state index contributed by atoms with van der Waals surface area (Å²) >= 11 is 0. The minimum absolute atomic E-state index is 0.0136. The average molecular weight is 250 g/mol. The molecule has 1 aromatic carbocycles. The van der Waals surface area contributed by atoms with Gasteiger partial charge in [-0.15, -0.1) is 12.3 Å². The van der Waals surface area contributed by atoms with Gasteiger partial charge >= 0.3 is 0 Å². The second-order valence-corrected chi connectivity index (χ2v) is 5.79. The number of terminal acetylenes is 1. The van der Waals surface area contributed by atoms with Gasteiger partial charge in [0, 0.05) is 24.7 Å². The summed E-state index contributed by atoms with van der Waals surface area (Å²) < 4.78 is 22.4. The maximum Gasteiger partial charge on any atom is 0.175 e. The fraction of sp³-hybridized carbons (Fsp3) is 0.308. The number of carbonyl (C=O) groups is 1. The van der Waals surface area contributed by atoms with Crippen molar-refractivity contribution in [1.29, 1.82) is 0 Å². The summed E-state index contributed by atoms with van der Waals surface area (Å²) in [6.07, 6.45) is 7.85. The van der Waals surface area contributed by atoms with Crippen LogP contribution >= 0.6 is 0 Å². The lowest BCUT2D eigenvalue weighted by atomic mass is 10.1. The Bertz CT molecular complexity index is 533. The normalized spacial score (nSPS) is 10.8. The molecule has 0 unspecified atom stereocenters. The van der Waals surface area contributed by atoms with Crippen molar-refractivity contribution < 1.29 is 13.2 Å². The summed E-state index contributed by atoms with van der Waals surface area (Å²) in [5.74, 6) is 2.46. The van der Waals surface area contributed by atoms with Crippen LogP contribution in [0.4, 0.5) is 0 Å². The van der Waals surface area contributed by atoms with Crippen molar-refractivity contribution in [2.24, 2.45) is 0 Å². The monoisotopic (exact) mass is 250 g/mol. The number of hydrogen-bond acceptors (Lipinski definition) is 3. The quantitative estimate of drug-likeness (QED) is 0.456. The highest BCUT2D eigenvalue weighted by molar-refractivity contribution is 7.90. The third-order valence-electron chi connectivity index (χ3n) is 2.33. The van der Waals surface area contributed by atoms with Crippen LogP contribution in [0.2, 0.25) is 0 Å². The Labute approximate surface area is 102 Å². The molecule has 0 spiro atoms. The maximum absolute atomic E-state index is 11.7. The second-order valence-electron chi connectivity index (χ2n) is 3.78. The number of carbonyl (C=O) groups excluding carboxylic acids is 1. The number of sulfone groups is 1. The lowest BCUT2D eigenvalue weighted by molar-refractivity contribution is 0.0980. The topological polar surface area (TPSA) is 51.2 Å². The minimum atomic E-state index is -3.20. The molecule has 1 aromatic rings. The van der Waals surface area contributed by atoms with Crippen LogP contribution in [0.1, 0.15) is 29.6 Å². The Morgan fingerprint density at radius 2 is 1.88 bits per heavy atom. The SMILES string of the molecule is C#CCCCC(=O)c1ccc(S(C)(=O)=O)cc1. The van der Waals surface area contributed by atoms with Crippen molar-refractivity contribution >= 4 is 15.6 Å². The molecular weight excluding hydrogens is 236 g/mol. The van der Waals surface area contributed by atoms with Gasteiger partial charge in [-0.3, -0.25) is 4.79 Å². The van der Waals surface area contributed by atoms with Crippen molar-refractivity contribution in [1.82, 2.24) is 0 Å². The first-order valence-electron chi connectivity index (χ1n) is 5.22. The highest BCUT2D eigenvalue weighted by atomic mass is 32.2. The number of hydrogen-bond donors (Lipinski definition) is 0. The molecule has 1 rings (SSSR count). The van der Waals surface area contributed by atoms with E-state index in [2.05, 4.69) is 5.92 Å². The van der Waals surface area contributed by atoms with Gasteiger partial charge in [-0.25, -0.2) is 8.42 Å². The van der Waals surface area contributed by atoms with Gasteiger partial charge in [-0.2, -0.15) is 0 Å². The fourth-order valence-corrected chi connectivity index (χ4v) is 2.01. The highest BCUT2D eigenvalue weighted by Crippen LogP contribution is 2.12. The van der Waals surface area contributed by atoms with Crippen molar-refractivity contribution in [3.8, 4) is 12.3 Å². The molecule has 0 aliphatic heterocycles. The zero-order valence-corrected chi connectivity index (χ0v) is 10.5. The van der Waals surface area contributed by atoms with E-state index in [9.17, 15) is 13.2 Å². The number of unbranched alkanes of at least 4 members (excludes halogenated alkanes) is 1. The van der Waals surface area contributed by atoms with Crippen molar-refractivity contribution in [3.05, 3.63) is 29.8 Å². The van der Waals surface area contributed by atoms with E-state index in [4.69, 9.17) is 6.42 Å². The third-order valence-corrected chi connectivity index (χ3v) is 3.46. The van der Waals surface area contributed by atoms with Crippen LogP contribution in [0.3, 0.4) is 0 Å².